The molecule has 0 spiro atoms. The molecule has 0 atom stereocenters. The lowest BCUT2D eigenvalue weighted by Crippen LogP contribution is -2.36. The van der Waals surface area contributed by atoms with Gasteiger partial charge in [0.05, 0.1) is 22.9 Å². The van der Waals surface area contributed by atoms with Crippen molar-refractivity contribution in [2.75, 3.05) is 31.3 Å². The van der Waals surface area contributed by atoms with E-state index >= 15 is 0 Å². The molecule has 0 unspecified atom stereocenters. The van der Waals surface area contributed by atoms with Crippen LogP contribution in [0.25, 0.3) is 0 Å². The molecule has 0 radical (unpaired) electrons. The number of anilines is 3. The normalized spacial score (nSPS) is 9.69. The van der Waals surface area contributed by atoms with Gasteiger partial charge in [-0.05, 0) is 19.1 Å². The number of phenolic OH excluding ortho intramolecular Hbond substituents is 1. The van der Waals surface area contributed by atoms with E-state index in [4.69, 9.17) is 5.26 Å². The molecule has 0 aliphatic carbocycles. The van der Waals surface area contributed by atoms with Crippen LogP contribution in [0.4, 0.5) is 17.1 Å². The maximum Gasteiger partial charge on any atom is 0.257 e. The fourth-order valence-electron chi connectivity index (χ4n) is 2.19. The molecule has 0 heterocycles. The number of phenols is 1. The standard InChI is InChI=1S/C16H16N4O4.C2H6/c1-4-18-11-12(15(23)14(11)22)19-10-6-8(7-17)5-9(13(10)21)16(24)20(2)3;1-2/h5-6,18-19,21H,4H2,1-3H3;1-2H3. The Hall–Kier alpha value is -3.34. The molecule has 0 bridgehead atoms. The van der Waals surface area contributed by atoms with Gasteiger partial charge in [-0.15, -0.1) is 0 Å². The average molecular weight is 358 g/mol. The Labute approximate surface area is 151 Å². The van der Waals surface area contributed by atoms with Crippen molar-refractivity contribution >= 4 is 23.0 Å². The fraction of sp³-hybridized carbons (Fsp3) is 0.333. The van der Waals surface area contributed by atoms with Crippen molar-refractivity contribution in [2.45, 2.75) is 20.8 Å². The molecule has 0 aliphatic heterocycles. The zero-order valence-corrected chi connectivity index (χ0v) is 15.4. The van der Waals surface area contributed by atoms with E-state index in [1.54, 1.807) is 6.92 Å². The Morgan fingerprint density at radius 1 is 1.19 bits per heavy atom. The topological polar surface area (TPSA) is 123 Å². The number of nitrogens with one attached hydrogen (secondary N) is 2. The van der Waals surface area contributed by atoms with Crippen LogP contribution in [0.5, 0.6) is 5.75 Å². The van der Waals surface area contributed by atoms with E-state index in [1.165, 1.54) is 31.1 Å². The molecule has 3 N–H and O–H groups in total. The number of aromatic hydroxyl groups is 1. The quantitative estimate of drug-likeness (QED) is 0.550. The van der Waals surface area contributed by atoms with E-state index < -0.39 is 22.5 Å². The van der Waals surface area contributed by atoms with E-state index in [0.717, 1.165) is 0 Å². The highest BCUT2D eigenvalue weighted by Gasteiger charge is 2.24. The fourth-order valence-corrected chi connectivity index (χ4v) is 2.19. The van der Waals surface area contributed by atoms with Crippen LogP contribution in [0.3, 0.4) is 0 Å². The van der Waals surface area contributed by atoms with Crippen molar-refractivity contribution in [3.8, 4) is 11.8 Å². The second kappa shape index (κ2) is 8.67. The lowest BCUT2D eigenvalue weighted by molar-refractivity contribution is 0.0824. The molecule has 0 aliphatic rings. The van der Waals surface area contributed by atoms with E-state index in [-0.39, 0.29) is 28.2 Å². The van der Waals surface area contributed by atoms with Gasteiger partial charge in [0.25, 0.3) is 16.8 Å². The van der Waals surface area contributed by atoms with E-state index in [2.05, 4.69) is 10.6 Å². The van der Waals surface area contributed by atoms with Crippen LogP contribution in [-0.4, -0.2) is 36.6 Å². The van der Waals surface area contributed by atoms with Gasteiger partial charge in [0, 0.05) is 20.6 Å². The summed E-state index contributed by atoms with van der Waals surface area (Å²) in [5.41, 5.74) is -1.21. The van der Waals surface area contributed by atoms with Gasteiger partial charge in [0.1, 0.15) is 11.4 Å². The highest BCUT2D eigenvalue weighted by molar-refractivity contribution is 5.99. The van der Waals surface area contributed by atoms with Gasteiger partial charge in [-0.1, -0.05) is 13.8 Å². The summed E-state index contributed by atoms with van der Waals surface area (Å²) in [5, 5.41) is 24.8. The molecule has 0 saturated heterocycles. The van der Waals surface area contributed by atoms with Crippen LogP contribution in [-0.2, 0) is 0 Å². The van der Waals surface area contributed by atoms with Crippen LogP contribution < -0.4 is 21.5 Å². The zero-order valence-electron chi connectivity index (χ0n) is 15.4. The predicted molar refractivity (Wildman–Crippen MR) is 101 cm³/mol. The van der Waals surface area contributed by atoms with Gasteiger partial charge in [-0.25, -0.2) is 0 Å². The SMILES string of the molecule is CC.CCNc1c(Nc2cc(C#N)cc(C(=O)N(C)C)c2O)c(=O)c1=O. The molecular formula is C18H22N4O4. The van der Waals surface area contributed by atoms with Crippen molar-refractivity contribution in [1.29, 1.82) is 5.26 Å². The van der Waals surface area contributed by atoms with Gasteiger partial charge >= 0.3 is 0 Å². The van der Waals surface area contributed by atoms with Gasteiger partial charge in [0.15, 0.2) is 5.75 Å². The van der Waals surface area contributed by atoms with Gasteiger partial charge in [-0.3, -0.25) is 14.4 Å². The monoisotopic (exact) mass is 358 g/mol. The lowest BCUT2D eigenvalue weighted by atomic mass is 10.1. The van der Waals surface area contributed by atoms with Crippen molar-refractivity contribution in [2.24, 2.45) is 0 Å². The first-order valence-corrected chi connectivity index (χ1v) is 8.14. The summed E-state index contributed by atoms with van der Waals surface area (Å²) in [6.07, 6.45) is 0. The van der Waals surface area contributed by atoms with Crippen LogP contribution in [0.1, 0.15) is 36.7 Å². The molecule has 1 amide bonds. The molecule has 8 heteroatoms. The maximum absolute atomic E-state index is 12.1. The third-order valence-corrected chi connectivity index (χ3v) is 3.40. The summed E-state index contributed by atoms with van der Waals surface area (Å²) in [4.78, 5) is 36.6. The second-order valence-corrected chi connectivity index (χ2v) is 5.29. The molecule has 2 aromatic rings. The van der Waals surface area contributed by atoms with Gasteiger partial charge in [-0.2, -0.15) is 5.26 Å². The largest absolute Gasteiger partial charge is 0.505 e. The Kier molecular flexibility index (Phi) is 6.90. The first-order chi connectivity index (χ1) is 12.3. The summed E-state index contributed by atoms with van der Waals surface area (Å²) in [6.45, 7) is 6.20. The summed E-state index contributed by atoms with van der Waals surface area (Å²) in [7, 11) is 3.02. The first kappa shape index (κ1) is 20.7. The van der Waals surface area contributed by atoms with E-state index in [0.29, 0.717) is 6.54 Å². The Morgan fingerprint density at radius 2 is 1.77 bits per heavy atom. The van der Waals surface area contributed by atoms with Crippen LogP contribution in [0.2, 0.25) is 0 Å². The van der Waals surface area contributed by atoms with Crippen molar-refractivity contribution < 1.29 is 9.90 Å². The molecule has 2 aromatic carbocycles. The van der Waals surface area contributed by atoms with Gasteiger partial charge in [0.2, 0.25) is 0 Å². The molecule has 138 valence electrons. The third-order valence-electron chi connectivity index (χ3n) is 3.40. The average Bonchev–Trinajstić information content (AvgIpc) is 2.66. The first-order valence-electron chi connectivity index (χ1n) is 8.14. The number of nitrogens with zero attached hydrogens (tertiary/aromatic N) is 2. The number of amides is 1. The lowest BCUT2D eigenvalue weighted by Gasteiger charge is -2.17. The minimum absolute atomic E-state index is 0.00417. The minimum Gasteiger partial charge on any atom is -0.505 e. The van der Waals surface area contributed by atoms with Crippen LogP contribution in [0.15, 0.2) is 21.7 Å². The van der Waals surface area contributed by atoms with E-state index in [1.807, 2.05) is 19.9 Å². The van der Waals surface area contributed by atoms with Crippen LogP contribution >= 0.6 is 0 Å². The number of carbonyl (C=O) groups excluding carboxylic acids is 1. The van der Waals surface area contributed by atoms with Crippen LogP contribution in [0, 0.1) is 11.3 Å². The molecule has 2 rings (SSSR count). The molecule has 0 aromatic heterocycles. The Morgan fingerprint density at radius 3 is 2.27 bits per heavy atom. The second-order valence-electron chi connectivity index (χ2n) is 5.29. The molecule has 26 heavy (non-hydrogen) atoms. The molecule has 0 fully saturated rings. The highest BCUT2D eigenvalue weighted by Crippen LogP contribution is 2.33. The molecule has 0 saturated carbocycles. The van der Waals surface area contributed by atoms with Crippen molar-refractivity contribution in [3.05, 3.63) is 43.7 Å². The minimum atomic E-state index is -0.729. The molecular weight excluding hydrogens is 336 g/mol. The smallest absolute Gasteiger partial charge is 0.257 e. The maximum atomic E-state index is 12.1. The summed E-state index contributed by atoms with van der Waals surface area (Å²) in [5.74, 6) is -0.896. The number of hydrogen-bond donors (Lipinski definition) is 3. The Balaban J connectivity index is 0.00000163. The third kappa shape index (κ3) is 3.83. The number of nitriles is 1. The number of benzene rings is 1. The number of hydrogen-bond acceptors (Lipinski definition) is 7. The zero-order chi connectivity index (χ0) is 20.0. The number of carbonyl (C=O) groups is 1. The highest BCUT2D eigenvalue weighted by atomic mass is 16.3. The van der Waals surface area contributed by atoms with Gasteiger partial charge < -0.3 is 20.6 Å². The summed E-state index contributed by atoms with van der Waals surface area (Å²) >= 11 is 0. The summed E-state index contributed by atoms with van der Waals surface area (Å²) < 4.78 is 0. The predicted octanol–water partition coefficient (Wildman–Crippen LogP) is 1.76. The molecule has 8 nitrogen and oxygen atoms in total. The van der Waals surface area contributed by atoms with Crippen molar-refractivity contribution in [1.82, 2.24) is 4.90 Å². The number of rotatable bonds is 5. The van der Waals surface area contributed by atoms with Crippen molar-refractivity contribution in [3.63, 3.8) is 0 Å². The Bertz CT molecular complexity index is 919. The summed E-state index contributed by atoms with van der Waals surface area (Å²) in [6, 6.07) is 4.45. The van der Waals surface area contributed by atoms with E-state index in [9.17, 15) is 19.5 Å².